The SMILES string of the molecule is COc1cccc(C(Nc2nc(NCCO)c3ccccc3n2)c2nccn2C)c1. The molecule has 8 heteroatoms. The monoisotopic (exact) mass is 404 g/mol. The molecule has 2 heterocycles. The molecule has 30 heavy (non-hydrogen) atoms. The number of nitrogens with one attached hydrogen (secondary N) is 2. The molecule has 2 aromatic heterocycles. The number of benzene rings is 2. The van der Waals surface area contributed by atoms with Crippen molar-refractivity contribution in [2.75, 3.05) is 30.9 Å². The number of hydrogen-bond acceptors (Lipinski definition) is 7. The summed E-state index contributed by atoms with van der Waals surface area (Å²) in [6, 6.07) is 15.3. The van der Waals surface area contributed by atoms with Gasteiger partial charge in [-0.2, -0.15) is 4.98 Å². The quantitative estimate of drug-likeness (QED) is 0.415. The van der Waals surface area contributed by atoms with Crippen LogP contribution in [-0.2, 0) is 7.05 Å². The van der Waals surface area contributed by atoms with Crippen molar-refractivity contribution in [2.45, 2.75) is 6.04 Å². The van der Waals surface area contributed by atoms with Crippen LogP contribution in [-0.4, -0.2) is 44.9 Å². The van der Waals surface area contributed by atoms with Gasteiger partial charge in [-0.15, -0.1) is 0 Å². The van der Waals surface area contributed by atoms with Crippen LogP contribution >= 0.6 is 0 Å². The Kier molecular flexibility index (Phi) is 5.76. The number of aromatic nitrogens is 4. The van der Waals surface area contributed by atoms with E-state index in [0.29, 0.717) is 18.3 Å². The molecule has 0 radical (unpaired) electrons. The molecule has 1 atom stereocenters. The molecular formula is C22H24N6O2. The highest BCUT2D eigenvalue weighted by atomic mass is 16.5. The van der Waals surface area contributed by atoms with Crippen LogP contribution in [0.25, 0.3) is 10.9 Å². The van der Waals surface area contributed by atoms with Crippen LogP contribution in [0.2, 0.25) is 0 Å². The van der Waals surface area contributed by atoms with Crippen molar-refractivity contribution in [3.8, 4) is 5.75 Å². The normalized spacial score (nSPS) is 12.0. The molecule has 4 rings (SSSR count). The van der Waals surface area contributed by atoms with Gasteiger partial charge in [-0.05, 0) is 29.8 Å². The van der Waals surface area contributed by atoms with Crippen molar-refractivity contribution in [2.24, 2.45) is 7.05 Å². The summed E-state index contributed by atoms with van der Waals surface area (Å²) in [6.07, 6.45) is 3.67. The molecule has 0 aliphatic carbocycles. The van der Waals surface area contributed by atoms with Crippen molar-refractivity contribution in [3.05, 3.63) is 72.3 Å². The Morgan fingerprint density at radius 3 is 2.77 bits per heavy atom. The highest BCUT2D eigenvalue weighted by Crippen LogP contribution is 2.29. The van der Waals surface area contributed by atoms with E-state index in [1.54, 1.807) is 13.3 Å². The van der Waals surface area contributed by atoms with Gasteiger partial charge in [-0.25, -0.2) is 9.97 Å². The summed E-state index contributed by atoms with van der Waals surface area (Å²) >= 11 is 0. The summed E-state index contributed by atoms with van der Waals surface area (Å²) in [4.78, 5) is 13.9. The number of nitrogens with zero attached hydrogens (tertiary/aromatic N) is 4. The zero-order valence-electron chi connectivity index (χ0n) is 16.9. The number of rotatable bonds is 8. The van der Waals surface area contributed by atoms with Gasteiger partial charge in [0.25, 0.3) is 0 Å². The van der Waals surface area contributed by atoms with E-state index in [-0.39, 0.29) is 12.6 Å². The van der Waals surface area contributed by atoms with E-state index in [1.807, 2.05) is 66.3 Å². The minimum absolute atomic E-state index is 0.0147. The first-order chi connectivity index (χ1) is 14.7. The Balaban J connectivity index is 1.77. The van der Waals surface area contributed by atoms with Gasteiger partial charge < -0.3 is 25.0 Å². The maximum absolute atomic E-state index is 9.22. The Bertz CT molecular complexity index is 1140. The number of hydrogen-bond donors (Lipinski definition) is 3. The fraction of sp³-hybridized carbons (Fsp3) is 0.227. The Labute approximate surface area is 174 Å². The van der Waals surface area contributed by atoms with Crippen LogP contribution < -0.4 is 15.4 Å². The van der Waals surface area contributed by atoms with Gasteiger partial charge in [0.1, 0.15) is 23.4 Å². The van der Waals surface area contributed by atoms with Crippen molar-refractivity contribution in [1.82, 2.24) is 19.5 Å². The van der Waals surface area contributed by atoms with Crippen LogP contribution in [0.5, 0.6) is 5.75 Å². The average Bonchev–Trinajstić information content (AvgIpc) is 3.21. The van der Waals surface area contributed by atoms with Crippen molar-refractivity contribution < 1.29 is 9.84 Å². The van der Waals surface area contributed by atoms with Crippen LogP contribution in [0.15, 0.2) is 60.9 Å². The first-order valence-corrected chi connectivity index (χ1v) is 9.69. The predicted molar refractivity (Wildman–Crippen MR) is 117 cm³/mol. The number of methoxy groups -OCH3 is 1. The fourth-order valence-corrected chi connectivity index (χ4v) is 3.35. The molecule has 0 fully saturated rings. The van der Waals surface area contributed by atoms with E-state index in [2.05, 4.69) is 20.6 Å². The smallest absolute Gasteiger partial charge is 0.226 e. The van der Waals surface area contributed by atoms with Crippen LogP contribution in [0.1, 0.15) is 17.4 Å². The van der Waals surface area contributed by atoms with E-state index in [9.17, 15) is 5.11 Å². The summed E-state index contributed by atoms with van der Waals surface area (Å²) < 4.78 is 7.37. The lowest BCUT2D eigenvalue weighted by Crippen LogP contribution is -2.19. The average molecular weight is 404 g/mol. The van der Waals surface area contributed by atoms with E-state index in [1.165, 1.54) is 0 Å². The molecular weight excluding hydrogens is 380 g/mol. The Morgan fingerprint density at radius 2 is 2.00 bits per heavy atom. The Hall–Kier alpha value is -3.65. The number of aryl methyl sites for hydroxylation is 1. The lowest BCUT2D eigenvalue weighted by Gasteiger charge is -2.20. The topological polar surface area (TPSA) is 97.1 Å². The molecule has 0 aliphatic rings. The summed E-state index contributed by atoms with van der Waals surface area (Å²) in [7, 11) is 3.60. The number of aliphatic hydroxyl groups is 1. The van der Waals surface area contributed by atoms with Crippen molar-refractivity contribution in [3.63, 3.8) is 0 Å². The van der Waals surface area contributed by atoms with Crippen molar-refractivity contribution in [1.29, 1.82) is 0 Å². The van der Waals surface area contributed by atoms with E-state index < -0.39 is 0 Å². The standard InChI is InChI=1S/C22H24N6O2/c1-28-12-10-24-21(28)19(15-6-5-7-16(14-15)30-2)26-22-25-18-9-4-3-8-17(18)20(27-22)23-11-13-29/h3-10,12,14,19,29H,11,13H2,1-2H3,(H2,23,25,26,27). The third kappa shape index (κ3) is 4.04. The highest BCUT2D eigenvalue weighted by molar-refractivity contribution is 5.90. The maximum Gasteiger partial charge on any atom is 0.226 e. The third-order valence-electron chi connectivity index (χ3n) is 4.82. The number of para-hydroxylation sites is 1. The van der Waals surface area contributed by atoms with Gasteiger partial charge in [-0.1, -0.05) is 24.3 Å². The fourth-order valence-electron chi connectivity index (χ4n) is 3.35. The summed E-state index contributed by atoms with van der Waals surface area (Å²) in [5.74, 6) is 2.72. The molecule has 0 saturated heterocycles. The molecule has 0 saturated carbocycles. The molecule has 154 valence electrons. The highest BCUT2D eigenvalue weighted by Gasteiger charge is 2.21. The molecule has 4 aromatic rings. The van der Waals surface area contributed by atoms with Gasteiger partial charge in [0.2, 0.25) is 5.95 Å². The molecule has 0 spiro atoms. The van der Waals surface area contributed by atoms with Gasteiger partial charge in [-0.3, -0.25) is 0 Å². The van der Waals surface area contributed by atoms with Crippen LogP contribution in [0.4, 0.5) is 11.8 Å². The Morgan fingerprint density at radius 1 is 1.13 bits per heavy atom. The number of imidazole rings is 1. The van der Waals surface area contributed by atoms with Gasteiger partial charge in [0.15, 0.2) is 0 Å². The van der Waals surface area contributed by atoms with Gasteiger partial charge in [0.05, 0.1) is 19.2 Å². The summed E-state index contributed by atoms with van der Waals surface area (Å²) in [5, 5.41) is 16.7. The first-order valence-electron chi connectivity index (χ1n) is 9.69. The maximum atomic E-state index is 9.22. The van der Waals surface area contributed by atoms with Crippen LogP contribution in [0.3, 0.4) is 0 Å². The van der Waals surface area contributed by atoms with E-state index in [4.69, 9.17) is 9.72 Å². The van der Waals surface area contributed by atoms with Crippen LogP contribution in [0, 0.1) is 0 Å². The number of aliphatic hydroxyl groups excluding tert-OH is 1. The molecule has 8 nitrogen and oxygen atoms in total. The minimum atomic E-state index is -0.285. The second kappa shape index (κ2) is 8.79. The zero-order valence-corrected chi connectivity index (χ0v) is 16.9. The molecule has 2 aromatic carbocycles. The number of ether oxygens (including phenoxy) is 1. The second-order valence-corrected chi connectivity index (χ2v) is 6.81. The molecule has 1 unspecified atom stereocenters. The van der Waals surface area contributed by atoms with Crippen molar-refractivity contribution >= 4 is 22.7 Å². The second-order valence-electron chi connectivity index (χ2n) is 6.81. The minimum Gasteiger partial charge on any atom is -0.497 e. The van der Waals surface area contributed by atoms with E-state index in [0.717, 1.165) is 28.0 Å². The first kappa shape index (κ1) is 19.7. The molecule has 0 bridgehead atoms. The van der Waals surface area contributed by atoms with Gasteiger partial charge >= 0.3 is 0 Å². The lowest BCUT2D eigenvalue weighted by atomic mass is 10.1. The largest absolute Gasteiger partial charge is 0.497 e. The van der Waals surface area contributed by atoms with E-state index >= 15 is 0 Å². The molecule has 0 aliphatic heterocycles. The van der Waals surface area contributed by atoms with Gasteiger partial charge in [0, 0.05) is 31.4 Å². The summed E-state index contributed by atoms with van der Waals surface area (Å²) in [5.41, 5.74) is 1.78. The summed E-state index contributed by atoms with van der Waals surface area (Å²) in [6.45, 7) is 0.417. The number of anilines is 2. The molecule has 0 amide bonds. The third-order valence-corrected chi connectivity index (χ3v) is 4.82. The predicted octanol–water partition coefficient (Wildman–Crippen LogP) is 2.98. The number of fused-ring (bicyclic) bond motifs is 1. The molecule has 3 N–H and O–H groups in total. The lowest BCUT2D eigenvalue weighted by molar-refractivity contribution is 0.311. The zero-order chi connectivity index (χ0) is 20.9.